The topological polar surface area (TPSA) is 42.7 Å². The van der Waals surface area contributed by atoms with Crippen molar-refractivity contribution >= 4 is 0 Å². The molecule has 0 aliphatic heterocycles. The van der Waals surface area contributed by atoms with Crippen LogP contribution in [0.25, 0.3) is 0 Å². The Morgan fingerprint density at radius 2 is 2.18 bits per heavy atom. The number of hydrogen-bond acceptors (Lipinski definition) is 3. The van der Waals surface area contributed by atoms with Crippen LogP contribution in [0.5, 0.6) is 0 Å². The van der Waals surface area contributed by atoms with E-state index in [1.54, 1.807) is 0 Å². The quantitative estimate of drug-likeness (QED) is 0.922. The highest BCUT2D eigenvalue weighted by Crippen LogP contribution is 2.39. The molecule has 1 heterocycles. The second kappa shape index (κ2) is 5.51. The van der Waals surface area contributed by atoms with Crippen LogP contribution in [-0.4, -0.2) is 21.3 Å². The second-order valence-electron chi connectivity index (χ2n) is 6.97. The molecule has 0 saturated heterocycles. The molecule has 1 fully saturated rings. The van der Waals surface area contributed by atoms with Crippen LogP contribution in [0.15, 0.2) is 24.5 Å². The van der Waals surface area contributed by atoms with Gasteiger partial charge in [-0.05, 0) is 43.2 Å². The molecule has 0 bridgehead atoms. The van der Waals surface area contributed by atoms with Gasteiger partial charge in [-0.1, -0.05) is 30.7 Å². The zero-order valence-corrected chi connectivity index (χ0v) is 13.4. The van der Waals surface area contributed by atoms with Crippen molar-refractivity contribution in [1.29, 1.82) is 0 Å². The van der Waals surface area contributed by atoms with Gasteiger partial charge in [-0.15, -0.1) is 10.2 Å². The first-order chi connectivity index (χ1) is 10.7. The van der Waals surface area contributed by atoms with Crippen LogP contribution in [-0.2, 0) is 13.0 Å². The molecule has 2 aliphatic rings. The Morgan fingerprint density at radius 1 is 1.32 bits per heavy atom. The van der Waals surface area contributed by atoms with E-state index in [0.717, 1.165) is 13.1 Å². The smallest absolute Gasteiger partial charge is 0.135 e. The Balaban J connectivity index is 1.42. The van der Waals surface area contributed by atoms with Crippen LogP contribution in [0.2, 0.25) is 0 Å². The lowest BCUT2D eigenvalue weighted by Gasteiger charge is -2.19. The first-order valence-electron chi connectivity index (χ1n) is 8.43. The number of nitrogens with zero attached hydrogens (tertiary/aromatic N) is 3. The molecule has 116 valence electrons. The minimum atomic E-state index is 0.482. The van der Waals surface area contributed by atoms with Gasteiger partial charge in [0.2, 0.25) is 0 Å². The molecule has 0 radical (unpaired) electrons. The lowest BCUT2D eigenvalue weighted by atomic mass is 10.0. The summed E-state index contributed by atoms with van der Waals surface area (Å²) < 4.78 is 2.22. The average Bonchev–Trinajstić information content (AvgIpc) is 3.16. The van der Waals surface area contributed by atoms with Gasteiger partial charge >= 0.3 is 0 Å². The van der Waals surface area contributed by atoms with Crippen molar-refractivity contribution in [2.75, 3.05) is 6.54 Å². The minimum Gasteiger partial charge on any atom is -0.316 e. The van der Waals surface area contributed by atoms with Crippen molar-refractivity contribution in [1.82, 2.24) is 20.1 Å². The van der Waals surface area contributed by atoms with Gasteiger partial charge in [-0.25, -0.2) is 0 Å². The van der Waals surface area contributed by atoms with Gasteiger partial charge in [0.15, 0.2) is 0 Å². The van der Waals surface area contributed by atoms with Crippen LogP contribution in [0.1, 0.15) is 54.2 Å². The summed E-state index contributed by atoms with van der Waals surface area (Å²) in [6, 6.07) is 7.36. The Bertz CT molecular complexity index is 671. The van der Waals surface area contributed by atoms with E-state index in [2.05, 4.69) is 52.1 Å². The van der Waals surface area contributed by atoms with Gasteiger partial charge in [-0.3, -0.25) is 0 Å². The highest BCUT2D eigenvalue weighted by molar-refractivity contribution is 5.38. The molecule has 1 N–H and O–H groups in total. The monoisotopic (exact) mass is 296 g/mol. The largest absolute Gasteiger partial charge is 0.316 e. The maximum absolute atomic E-state index is 4.28. The molecular formula is C18H24N4. The summed E-state index contributed by atoms with van der Waals surface area (Å²) in [6.07, 6.45) is 5.62. The van der Waals surface area contributed by atoms with Crippen LogP contribution >= 0.6 is 0 Å². The van der Waals surface area contributed by atoms with Gasteiger partial charge in [0.05, 0.1) is 0 Å². The summed E-state index contributed by atoms with van der Waals surface area (Å²) >= 11 is 0. The van der Waals surface area contributed by atoms with Gasteiger partial charge in [0, 0.05) is 25.0 Å². The Kier molecular flexibility index (Phi) is 3.49. The molecule has 2 atom stereocenters. The van der Waals surface area contributed by atoms with E-state index in [1.165, 1.54) is 41.8 Å². The Labute approximate surface area is 132 Å². The summed E-state index contributed by atoms with van der Waals surface area (Å²) in [5.74, 6) is 2.51. The van der Waals surface area contributed by atoms with Crippen molar-refractivity contribution < 1.29 is 0 Å². The fourth-order valence-electron chi connectivity index (χ4n) is 3.71. The molecule has 1 saturated carbocycles. The molecular weight excluding hydrogens is 272 g/mol. The molecule has 4 rings (SSSR count). The maximum Gasteiger partial charge on any atom is 0.135 e. The zero-order chi connectivity index (χ0) is 15.1. The molecule has 1 aromatic carbocycles. The lowest BCUT2D eigenvalue weighted by Crippen LogP contribution is -2.27. The van der Waals surface area contributed by atoms with E-state index in [-0.39, 0.29) is 0 Å². The summed E-state index contributed by atoms with van der Waals surface area (Å²) in [7, 11) is 0. The zero-order valence-electron chi connectivity index (χ0n) is 13.4. The van der Waals surface area contributed by atoms with Crippen LogP contribution < -0.4 is 5.32 Å². The third-order valence-corrected chi connectivity index (χ3v) is 5.05. The van der Waals surface area contributed by atoms with E-state index < -0.39 is 0 Å². The predicted octanol–water partition coefficient (Wildman–Crippen LogP) is 2.99. The Hall–Kier alpha value is -1.68. The van der Waals surface area contributed by atoms with Crippen molar-refractivity contribution in [3.8, 4) is 0 Å². The molecule has 1 aromatic heterocycles. The average molecular weight is 296 g/mol. The fourth-order valence-corrected chi connectivity index (χ4v) is 3.71. The van der Waals surface area contributed by atoms with E-state index in [9.17, 15) is 0 Å². The fraction of sp³-hybridized carbons (Fsp3) is 0.556. The predicted molar refractivity (Wildman–Crippen MR) is 86.8 cm³/mol. The molecule has 4 heteroatoms. The highest BCUT2D eigenvalue weighted by atomic mass is 15.3. The number of hydrogen-bond donors (Lipinski definition) is 1. The Morgan fingerprint density at radius 3 is 3.00 bits per heavy atom. The molecule has 2 aliphatic carbocycles. The standard InChI is InChI=1S/C18H24N4/c1-12-3-4-15-10-13(2)17(16(15)9-12)19-7-8-22-11-20-21-18(22)14-5-6-14/h3-4,9,11,13-14,17,19H,5-8,10H2,1-2H3. The SMILES string of the molecule is Cc1ccc2c(c1)C(NCCn1cnnc1C1CC1)C(C)C2. The van der Waals surface area contributed by atoms with Crippen molar-refractivity contribution in [2.45, 2.75) is 51.6 Å². The summed E-state index contributed by atoms with van der Waals surface area (Å²) in [6.45, 7) is 6.46. The number of aryl methyl sites for hydroxylation is 1. The normalized spacial score (nSPS) is 23.7. The van der Waals surface area contributed by atoms with Gasteiger partial charge in [0.25, 0.3) is 0 Å². The van der Waals surface area contributed by atoms with Gasteiger partial charge in [-0.2, -0.15) is 0 Å². The van der Waals surface area contributed by atoms with Crippen LogP contribution in [0.4, 0.5) is 0 Å². The maximum atomic E-state index is 4.28. The van der Waals surface area contributed by atoms with Gasteiger partial charge in [0.1, 0.15) is 12.2 Å². The molecule has 2 aromatic rings. The van der Waals surface area contributed by atoms with E-state index in [0.29, 0.717) is 17.9 Å². The third kappa shape index (κ3) is 2.56. The lowest BCUT2D eigenvalue weighted by molar-refractivity contribution is 0.405. The molecule has 0 spiro atoms. The van der Waals surface area contributed by atoms with Crippen molar-refractivity contribution in [3.05, 3.63) is 47.0 Å². The van der Waals surface area contributed by atoms with E-state index in [4.69, 9.17) is 0 Å². The minimum absolute atomic E-state index is 0.482. The molecule has 4 nitrogen and oxygen atoms in total. The summed E-state index contributed by atoms with van der Waals surface area (Å²) in [5.41, 5.74) is 4.37. The van der Waals surface area contributed by atoms with Gasteiger partial charge < -0.3 is 9.88 Å². The number of fused-ring (bicyclic) bond motifs is 1. The summed E-state index contributed by atoms with van der Waals surface area (Å²) in [5, 5.41) is 12.1. The number of nitrogens with one attached hydrogen (secondary N) is 1. The highest BCUT2D eigenvalue weighted by Gasteiger charge is 2.30. The molecule has 2 unspecified atom stereocenters. The van der Waals surface area contributed by atoms with Crippen LogP contribution in [0, 0.1) is 12.8 Å². The number of rotatable bonds is 5. The second-order valence-corrected chi connectivity index (χ2v) is 6.97. The van der Waals surface area contributed by atoms with E-state index >= 15 is 0 Å². The molecule has 22 heavy (non-hydrogen) atoms. The van der Waals surface area contributed by atoms with Crippen LogP contribution in [0.3, 0.4) is 0 Å². The van der Waals surface area contributed by atoms with Crippen molar-refractivity contribution in [2.24, 2.45) is 5.92 Å². The van der Waals surface area contributed by atoms with E-state index in [1.807, 2.05) is 6.33 Å². The third-order valence-electron chi connectivity index (χ3n) is 5.05. The number of benzene rings is 1. The summed E-state index contributed by atoms with van der Waals surface area (Å²) in [4.78, 5) is 0. The number of aromatic nitrogens is 3. The first kappa shape index (κ1) is 13.9. The molecule has 0 amide bonds. The van der Waals surface area contributed by atoms with Crippen molar-refractivity contribution in [3.63, 3.8) is 0 Å². The first-order valence-corrected chi connectivity index (χ1v) is 8.43.